The third-order valence-corrected chi connectivity index (χ3v) is 0.181. The smallest absolute Gasteiger partial charge is 0.331 e. The van der Waals surface area contributed by atoms with E-state index >= 15 is 0 Å². The Labute approximate surface area is 39.0 Å². The molecule has 0 aromatic rings. The first-order valence-electron chi connectivity index (χ1n) is 1.39. The molecular weight excluding hydrogens is 104 g/mol. The van der Waals surface area contributed by atoms with E-state index in [1.807, 2.05) is 0 Å². The molecule has 0 saturated heterocycles. The molecule has 2 N–H and O–H groups in total. The van der Waals surface area contributed by atoms with Gasteiger partial charge in [-0.05, 0) is 0 Å². The van der Waals surface area contributed by atoms with Crippen LogP contribution < -0.4 is 0 Å². The maximum Gasteiger partial charge on any atom is 0.331 e. The van der Waals surface area contributed by atoms with Crippen molar-refractivity contribution in [1.82, 2.24) is 0 Å². The predicted octanol–water partition coefficient (Wildman–Crippen LogP) is -1.64. The summed E-state index contributed by atoms with van der Waals surface area (Å²) in [6, 6.07) is 0. The Bertz CT molecular complexity index is 50.0. The minimum Gasteiger partial charge on any atom is -0.343 e. The molecule has 0 radical (unpaired) electrons. The average Bonchev–Trinajstić information content (AvgIpc) is 1.61. The average molecular weight is 108 g/mol. The normalized spacial score (nSPS) is 9.00. The number of rotatable bonds is 3. The highest BCUT2D eigenvalue weighted by Gasteiger charge is 1.92. The van der Waals surface area contributed by atoms with Gasteiger partial charge in [-0.3, -0.25) is 9.68 Å². The van der Waals surface area contributed by atoms with Gasteiger partial charge in [-0.1, -0.05) is 0 Å². The van der Waals surface area contributed by atoms with E-state index in [0.29, 0.717) is 0 Å². The van der Waals surface area contributed by atoms with Crippen molar-refractivity contribution in [3.05, 3.63) is 0 Å². The lowest BCUT2D eigenvalue weighted by molar-refractivity contribution is -0.395. The molecule has 0 heterocycles. The van der Waals surface area contributed by atoms with Crippen molar-refractivity contribution in [2.45, 2.75) is 6.48 Å². The number of aliphatic hydroxyl groups is 2. The minimum absolute atomic E-state index is 0.0700. The highest BCUT2D eigenvalue weighted by Crippen LogP contribution is 1.75. The molecule has 7 heavy (non-hydrogen) atoms. The highest BCUT2D eigenvalue weighted by molar-refractivity contribution is 5.35. The van der Waals surface area contributed by atoms with Gasteiger partial charge in [0, 0.05) is 0 Å². The van der Waals surface area contributed by atoms with Gasteiger partial charge in [-0.25, -0.2) is 0 Å². The quantitative estimate of drug-likeness (QED) is 0.196. The SMILES string of the molecule is O=COOC(O)O. The number of aliphatic hydroxyl groups excluding tert-OH is 1. The zero-order chi connectivity index (χ0) is 5.70. The molecule has 0 spiro atoms. The molecule has 0 aromatic heterocycles. The topological polar surface area (TPSA) is 76.0 Å². The first-order chi connectivity index (χ1) is 3.27. The second-order valence-electron chi connectivity index (χ2n) is 0.615. The Kier molecular flexibility index (Phi) is 3.21. The molecule has 0 fully saturated rings. The third kappa shape index (κ3) is 5.35. The lowest BCUT2D eigenvalue weighted by atomic mass is 11.3. The predicted molar refractivity (Wildman–Crippen MR) is 16.5 cm³/mol. The van der Waals surface area contributed by atoms with Gasteiger partial charge in [0.2, 0.25) is 0 Å². The lowest BCUT2D eigenvalue weighted by Gasteiger charge is -1.96. The van der Waals surface area contributed by atoms with Gasteiger partial charge in [-0.15, -0.1) is 4.89 Å². The van der Waals surface area contributed by atoms with E-state index in [-0.39, 0.29) is 6.47 Å². The largest absolute Gasteiger partial charge is 0.343 e. The van der Waals surface area contributed by atoms with Crippen LogP contribution in [0.4, 0.5) is 0 Å². The van der Waals surface area contributed by atoms with Gasteiger partial charge in [0.15, 0.2) is 0 Å². The Balaban J connectivity index is 2.81. The van der Waals surface area contributed by atoms with E-state index in [1.54, 1.807) is 0 Å². The second kappa shape index (κ2) is 3.54. The van der Waals surface area contributed by atoms with E-state index in [2.05, 4.69) is 9.78 Å². The Hall–Kier alpha value is -0.650. The standard InChI is InChI=1S/C2H4O5/c3-1-6-7-2(4)5/h1-2,4-5H. The molecule has 0 aliphatic rings. The molecule has 0 atom stereocenters. The van der Waals surface area contributed by atoms with Crippen LogP contribution in [-0.4, -0.2) is 23.2 Å². The highest BCUT2D eigenvalue weighted by atomic mass is 17.2. The fourth-order valence-electron chi connectivity index (χ4n) is 0.0724. The summed E-state index contributed by atoms with van der Waals surface area (Å²) < 4.78 is 0. The summed E-state index contributed by atoms with van der Waals surface area (Å²) in [5.41, 5.74) is 0. The fourth-order valence-corrected chi connectivity index (χ4v) is 0.0724. The van der Waals surface area contributed by atoms with Crippen molar-refractivity contribution in [1.29, 1.82) is 0 Å². The molecule has 0 bridgehead atoms. The van der Waals surface area contributed by atoms with E-state index in [0.717, 1.165) is 0 Å². The minimum atomic E-state index is -2.05. The van der Waals surface area contributed by atoms with E-state index in [4.69, 9.17) is 15.0 Å². The molecule has 0 unspecified atom stereocenters. The summed E-state index contributed by atoms with van der Waals surface area (Å²) in [6.45, 7) is -2.12. The molecule has 0 aliphatic carbocycles. The van der Waals surface area contributed by atoms with Crippen LogP contribution in [0.25, 0.3) is 0 Å². The second-order valence-corrected chi connectivity index (χ2v) is 0.615. The van der Waals surface area contributed by atoms with Gasteiger partial charge in [0.05, 0.1) is 0 Å². The zero-order valence-corrected chi connectivity index (χ0v) is 3.27. The molecule has 0 aliphatic heterocycles. The summed E-state index contributed by atoms with van der Waals surface area (Å²) in [4.78, 5) is 16.0. The monoisotopic (exact) mass is 108 g/mol. The van der Waals surface area contributed by atoms with E-state index in [9.17, 15) is 0 Å². The fraction of sp³-hybridized carbons (Fsp3) is 0.500. The maximum atomic E-state index is 9.14. The van der Waals surface area contributed by atoms with Gasteiger partial charge < -0.3 is 10.2 Å². The molecule has 5 nitrogen and oxygen atoms in total. The van der Waals surface area contributed by atoms with Crippen LogP contribution in [0.1, 0.15) is 0 Å². The molecule has 5 heteroatoms. The van der Waals surface area contributed by atoms with Crippen molar-refractivity contribution in [2.24, 2.45) is 0 Å². The molecule has 0 rings (SSSR count). The van der Waals surface area contributed by atoms with Crippen molar-refractivity contribution in [3.63, 3.8) is 0 Å². The summed E-state index contributed by atoms with van der Waals surface area (Å²) in [7, 11) is 0. The van der Waals surface area contributed by atoms with Crippen molar-refractivity contribution < 1.29 is 24.8 Å². The van der Waals surface area contributed by atoms with Crippen LogP contribution in [0.5, 0.6) is 0 Å². The number of carbonyl (C=O) groups excluding carboxylic acids is 1. The molecule has 0 aromatic carbocycles. The first-order valence-corrected chi connectivity index (χ1v) is 1.39. The van der Waals surface area contributed by atoms with Crippen LogP contribution >= 0.6 is 0 Å². The van der Waals surface area contributed by atoms with Gasteiger partial charge >= 0.3 is 12.9 Å². The van der Waals surface area contributed by atoms with Crippen LogP contribution in [0.15, 0.2) is 0 Å². The van der Waals surface area contributed by atoms with Gasteiger partial charge in [0.1, 0.15) is 0 Å². The molecule has 0 saturated carbocycles. The Morgan fingerprint density at radius 2 is 2.14 bits per heavy atom. The number of carbonyl (C=O) groups is 1. The lowest BCUT2D eigenvalue weighted by Crippen LogP contribution is -2.09. The van der Waals surface area contributed by atoms with Crippen LogP contribution in [0.3, 0.4) is 0 Å². The van der Waals surface area contributed by atoms with E-state index in [1.165, 1.54) is 0 Å². The third-order valence-electron chi connectivity index (χ3n) is 0.181. The Morgan fingerprint density at radius 1 is 1.57 bits per heavy atom. The molecule has 0 amide bonds. The van der Waals surface area contributed by atoms with Gasteiger partial charge in [-0.2, -0.15) is 0 Å². The Morgan fingerprint density at radius 3 is 2.29 bits per heavy atom. The summed E-state index contributed by atoms with van der Waals surface area (Å²) in [6.07, 6.45) is 0. The van der Waals surface area contributed by atoms with Gasteiger partial charge in [0.25, 0.3) is 0 Å². The summed E-state index contributed by atoms with van der Waals surface area (Å²) in [5, 5.41) is 15.5. The maximum absolute atomic E-state index is 9.14. The number of hydrogen-bond acceptors (Lipinski definition) is 5. The number of hydrogen-bond donors (Lipinski definition) is 2. The van der Waals surface area contributed by atoms with Crippen LogP contribution in [-0.2, 0) is 14.6 Å². The van der Waals surface area contributed by atoms with Crippen molar-refractivity contribution in [3.8, 4) is 0 Å². The summed E-state index contributed by atoms with van der Waals surface area (Å²) in [5.74, 6) is 0. The summed E-state index contributed by atoms with van der Waals surface area (Å²) >= 11 is 0. The van der Waals surface area contributed by atoms with Crippen LogP contribution in [0, 0.1) is 0 Å². The van der Waals surface area contributed by atoms with Crippen molar-refractivity contribution in [2.75, 3.05) is 0 Å². The first kappa shape index (κ1) is 6.35. The molecule has 42 valence electrons. The van der Waals surface area contributed by atoms with E-state index < -0.39 is 6.48 Å². The van der Waals surface area contributed by atoms with Crippen molar-refractivity contribution >= 4 is 6.47 Å². The molecular formula is C2H4O5. The van der Waals surface area contributed by atoms with Crippen LogP contribution in [0.2, 0.25) is 0 Å². The zero-order valence-electron chi connectivity index (χ0n) is 3.27.